The molecular weight excluding hydrogens is 276 g/mol. The number of hydrogen-bond donors (Lipinski definition) is 1. The van der Waals surface area contributed by atoms with Crippen LogP contribution < -0.4 is 5.32 Å². The lowest BCUT2D eigenvalue weighted by molar-refractivity contribution is 0.501. The van der Waals surface area contributed by atoms with Crippen molar-refractivity contribution in [2.75, 3.05) is 0 Å². The van der Waals surface area contributed by atoms with Crippen molar-refractivity contribution in [3.63, 3.8) is 0 Å². The highest BCUT2D eigenvalue weighted by Gasteiger charge is 2.11. The summed E-state index contributed by atoms with van der Waals surface area (Å²) in [4.78, 5) is 5.78. The molecule has 1 atom stereocenters. The van der Waals surface area contributed by atoms with Crippen molar-refractivity contribution in [2.45, 2.75) is 32.4 Å². The Balaban J connectivity index is 1.78. The van der Waals surface area contributed by atoms with Crippen LogP contribution in [0.4, 0.5) is 0 Å². The van der Waals surface area contributed by atoms with Gasteiger partial charge in [0.1, 0.15) is 0 Å². The van der Waals surface area contributed by atoms with Crippen LogP contribution >= 0.6 is 11.3 Å². The molecule has 2 nitrogen and oxygen atoms in total. The van der Waals surface area contributed by atoms with Crippen LogP contribution in [-0.4, -0.2) is 4.98 Å². The minimum absolute atomic E-state index is 0.439. The van der Waals surface area contributed by atoms with Gasteiger partial charge in [0.15, 0.2) is 0 Å². The lowest BCUT2D eigenvalue weighted by atomic mass is 10.1. The molecule has 3 rings (SSSR count). The molecule has 0 saturated carbocycles. The van der Waals surface area contributed by atoms with E-state index in [1.54, 1.807) is 0 Å². The third kappa shape index (κ3) is 3.31. The SMILES string of the molecule is CCCC(NCc1cncc2ccccc12)c1cccs1. The fourth-order valence-electron chi connectivity index (χ4n) is 2.68. The van der Waals surface area contributed by atoms with Gasteiger partial charge in [-0.3, -0.25) is 4.98 Å². The van der Waals surface area contributed by atoms with Crippen LogP contribution in [0.1, 0.15) is 36.2 Å². The molecule has 0 spiro atoms. The summed E-state index contributed by atoms with van der Waals surface area (Å²) in [6.45, 7) is 3.10. The van der Waals surface area contributed by atoms with E-state index in [2.05, 4.69) is 59.0 Å². The van der Waals surface area contributed by atoms with Crippen molar-refractivity contribution in [2.24, 2.45) is 0 Å². The number of thiophene rings is 1. The number of nitrogens with one attached hydrogen (secondary N) is 1. The predicted molar refractivity (Wildman–Crippen MR) is 90.6 cm³/mol. The topological polar surface area (TPSA) is 24.9 Å². The molecule has 0 amide bonds. The summed E-state index contributed by atoms with van der Waals surface area (Å²) in [5.74, 6) is 0. The van der Waals surface area contributed by atoms with Crippen LogP contribution in [0.3, 0.4) is 0 Å². The van der Waals surface area contributed by atoms with Gasteiger partial charge in [0.05, 0.1) is 0 Å². The lowest BCUT2D eigenvalue weighted by Crippen LogP contribution is -2.20. The summed E-state index contributed by atoms with van der Waals surface area (Å²) in [7, 11) is 0. The number of rotatable bonds is 6. The maximum absolute atomic E-state index is 4.36. The fourth-order valence-corrected chi connectivity index (χ4v) is 3.51. The van der Waals surface area contributed by atoms with Crippen molar-refractivity contribution in [3.8, 4) is 0 Å². The average Bonchev–Trinajstić information content (AvgIpc) is 3.05. The minimum Gasteiger partial charge on any atom is -0.305 e. The van der Waals surface area contributed by atoms with Crippen molar-refractivity contribution >= 4 is 22.1 Å². The molecule has 108 valence electrons. The molecule has 1 unspecified atom stereocenters. The minimum atomic E-state index is 0.439. The second-order valence-corrected chi connectivity index (χ2v) is 6.24. The first-order valence-electron chi connectivity index (χ1n) is 7.47. The maximum Gasteiger partial charge on any atom is 0.0417 e. The normalized spacial score (nSPS) is 12.6. The first-order valence-corrected chi connectivity index (χ1v) is 8.35. The maximum atomic E-state index is 4.36. The lowest BCUT2D eigenvalue weighted by Gasteiger charge is -2.17. The molecule has 1 aromatic carbocycles. The number of benzene rings is 1. The largest absolute Gasteiger partial charge is 0.305 e. The number of aromatic nitrogens is 1. The quantitative estimate of drug-likeness (QED) is 0.698. The van der Waals surface area contributed by atoms with Gasteiger partial charge in [0.25, 0.3) is 0 Å². The summed E-state index contributed by atoms with van der Waals surface area (Å²) < 4.78 is 0. The van der Waals surface area contributed by atoms with Gasteiger partial charge in [-0.25, -0.2) is 0 Å². The highest BCUT2D eigenvalue weighted by molar-refractivity contribution is 7.10. The van der Waals surface area contributed by atoms with Crippen LogP contribution in [0, 0.1) is 0 Å². The van der Waals surface area contributed by atoms with Gasteiger partial charge in [0.2, 0.25) is 0 Å². The molecule has 0 aliphatic heterocycles. The van der Waals surface area contributed by atoms with Crippen LogP contribution in [0.2, 0.25) is 0 Å². The summed E-state index contributed by atoms with van der Waals surface area (Å²) in [5, 5.41) is 8.36. The van der Waals surface area contributed by atoms with Gasteiger partial charge >= 0.3 is 0 Å². The Bertz CT molecular complexity index is 686. The third-order valence-corrected chi connectivity index (χ3v) is 4.74. The molecular formula is C18H20N2S. The van der Waals surface area contributed by atoms with E-state index in [0.29, 0.717) is 6.04 Å². The highest BCUT2D eigenvalue weighted by Crippen LogP contribution is 2.24. The van der Waals surface area contributed by atoms with E-state index in [4.69, 9.17) is 0 Å². The summed E-state index contributed by atoms with van der Waals surface area (Å²) in [6, 6.07) is 13.2. The van der Waals surface area contributed by atoms with Crippen LogP contribution in [-0.2, 0) is 6.54 Å². The van der Waals surface area contributed by atoms with E-state index >= 15 is 0 Å². The molecule has 0 aliphatic carbocycles. The summed E-state index contributed by atoms with van der Waals surface area (Å²) >= 11 is 1.83. The highest BCUT2D eigenvalue weighted by atomic mass is 32.1. The molecule has 21 heavy (non-hydrogen) atoms. The number of fused-ring (bicyclic) bond motifs is 1. The van der Waals surface area contributed by atoms with Gasteiger partial charge in [-0.1, -0.05) is 43.7 Å². The second-order valence-electron chi connectivity index (χ2n) is 5.26. The molecule has 0 fully saturated rings. The van der Waals surface area contributed by atoms with Gasteiger partial charge < -0.3 is 5.32 Å². The predicted octanol–water partition coefficient (Wildman–Crippen LogP) is 4.93. The van der Waals surface area contributed by atoms with Crippen LogP contribution in [0.15, 0.2) is 54.2 Å². The Morgan fingerprint density at radius 2 is 2.05 bits per heavy atom. The molecule has 0 saturated heterocycles. The molecule has 0 bridgehead atoms. The number of nitrogens with zero attached hydrogens (tertiary/aromatic N) is 1. The second kappa shape index (κ2) is 6.83. The molecule has 1 N–H and O–H groups in total. The van der Waals surface area contributed by atoms with E-state index in [9.17, 15) is 0 Å². The van der Waals surface area contributed by atoms with E-state index in [1.807, 2.05) is 23.7 Å². The Kier molecular flexibility index (Phi) is 4.63. The van der Waals surface area contributed by atoms with Gasteiger partial charge in [-0.05, 0) is 28.8 Å². The van der Waals surface area contributed by atoms with E-state index in [1.165, 1.54) is 34.1 Å². The first kappa shape index (κ1) is 14.2. The van der Waals surface area contributed by atoms with E-state index in [-0.39, 0.29) is 0 Å². The standard InChI is InChI=1S/C18H20N2S/c1-2-6-17(18-9-5-10-21-18)20-13-15-12-19-11-14-7-3-4-8-16(14)15/h3-5,7-12,17,20H,2,6,13H2,1H3. The van der Waals surface area contributed by atoms with Gasteiger partial charge in [0, 0.05) is 35.2 Å². The number of hydrogen-bond acceptors (Lipinski definition) is 3. The molecule has 2 aromatic heterocycles. The fraction of sp³-hybridized carbons (Fsp3) is 0.278. The Morgan fingerprint density at radius 1 is 1.14 bits per heavy atom. The van der Waals surface area contributed by atoms with Crippen LogP contribution in [0.5, 0.6) is 0 Å². The van der Waals surface area contributed by atoms with E-state index < -0.39 is 0 Å². The molecule has 2 heterocycles. The zero-order valence-corrected chi connectivity index (χ0v) is 13.1. The molecule has 0 radical (unpaired) electrons. The van der Waals surface area contributed by atoms with Crippen molar-refractivity contribution < 1.29 is 0 Å². The summed E-state index contributed by atoms with van der Waals surface area (Å²) in [5.41, 5.74) is 1.27. The van der Waals surface area contributed by atoms with Gasteiger partial charge in [-0.15, -0.1) is 11.3 Å². The molecule has 0 aliphatic rings. The zero-order chi connectivity index (χ0) is 14.5. The average molecular weight is 296 g/mol. The molecule has 3 aromatic rings. The smallest absolute Gasteiger partial charge is 0.0417 e. The van der Waals surface area contributed by atoms with Crippen LogP contribution in [0.25, 0.3) is 10.8 Å². The first-order chi connectivity index (χ1) is 10.4. The number of pyridine rings is 1. The Labute approximate surface area is 129 Å². The molecule has 3 heteroatoms. The Hall–Kier alpha value is -1.71. The van der Waals surface area contributed by atoms with Gasteiger partial charge in [-0.2, -0.15) is 0 Å². The monoisotopic (exact) mass is 296 g/mol. The van der Waals surface area contributed by atoms with E-state index in [0.717, 1.165) is 6.54 Å². The third-order valence-electron chi connectivity index (χ3n) is 3.75. The Morgan fingerprint density at radius 3 is 2.86 bits per heavy atom. The van der Waals surface area contributed by atoms with Crippen molar-refractivity contribution in [1.82, 2.24) is 10.3 Å². The van der Waals surface area contributed by atoms with Crippen molar-refractivity contribution in [3.05, 3.63) is 64.6 Å². The summed E-state index contributed by atoms with van der Waals surface area (Å²) in [6.07, 6.45) is 6.26. The zero-order valence-electron chi connectivity index (χ0n) is 12.3. The van der Waals surface area contributed by atoms with Crippen molar-refractivity contribution in [1.29, 1.82) is 0 Å².